The molecular weight excluding hydrogens is 550 g/mol. The largest absolute Gasteiger partial charge is 0.376 e. The number of nitrogens with zero attached hydrogens (tertiary/aromatic N) is 5. The van der Waals surface area contributed by atoms with Gasteiger partial charge in [-0.3, -0.25) is 9.55 Å². The maximum atomic E-state index is 4.84. The minimum Gasteiger partial charge on any atom is -0.376 e. The van der Waals surface area contributed by atoms with E-state index in [0.29, 0.717) is 0 Å². The Morgan fingerprint density at radius 2 is 1.51 bits per heavy atom. The van der Waals surface area contributed by atoms with E-state index in [9.17, 15) is 0 Å². The number of benzene rings is 4. The van der Waals surface area contributed by atoms with Gasteiger partial charge < -0.3 is 9.47 Å². The molecule has 0 spiro atoms. The molecular formula is C40H29N5. The molecule has 0 aliphatic carbocycles. The van der Waals surface area contributed by atoms with E-state index in [1.54, 1.807) is 0 Å². The number of rotatable bonds is 4. The summed E-state index contributed by atoms with van der Waals surface area (Å²) >= 11 is 0. The fourth-order valence-electron chi connectivity index (χ4n) is 6.95. The van der Waals surface area contributed by atoms with Gasteiger partial charge in [-0.25, -0.2) is 4.98 Å². The van der Waals surface area contributed by atoms with Gasteiger partial charge in [-0.2, -0.15) is 0 Å². The van der Waals surface area contributed by atoms with Crippen molar-refractivity contribution in [1.82, 2.24) is 24.0 Å². The van der Waals surface area contributed by atoms with Crippen LogP contribution in [0.25, 0.3) is 67.1 Å². The molecule has 0 atom stereocenters. The van der Waals surface area contributed by atoms with Gasteiger partial charge in [0.15, 0.2) is 0 Å². The Bertz CT molecular complexity index is 2520. The summed E-state index contributed by atoms with van der Waals surface area (Å²) in [6.07, 6.45) is 10.1. The molecule has 4 aromatic heterocycles. The Hall–Kier alpha value is -5.94. The Kier molecular flexibility index (Phi) is 5.72. The topological polar surface area (TPSA) is 38.9 Å². The molecule has 214 valence electrons. The zero-order valence-electron chi connectivity index (χ0n) is 24.8. The Morgan fingerprint density at radius 3 is 2.40 bits per heavy atom. The first kappa shape index (κ1) is 25.5. The van der Waals surface area contributed by atoms with Crippen molar-refractivity contribution >= 4 is 44.5 Å². The molecule has 5 heterocycles. The van der Waals surface area contributed by atoms with Crippen molar-refractivity contribution in [1.29, 1.82) is 0 Å². The van der Waals surface area contributed by atoms with Crippen LogP contribution in [0, 0.1) is 0 Å². The SMILES string of the molecule is CN1C=c2ccccc2=C(c2ccc(-n3c4cnccc4c4ccc5ccn(-c6cc(-c7ccccc7)ccn6)c5c43)cc2)C1. The second-order valence-electron chi connectivity index (χ2n) is 11.7. The van der Waals surface area contributed by atoms with Crippen LogP contribution in [0.3, 0.4) is 0 Å². The van der Waals surface area contributed by atoms with Crippen LogP contribution < -0.4 is 10.4 Å². The molecule has 4 aromatic carbocycles. The summed E-state index contributed by atoms with van der Waals surface area (Å²) in [5, 5.41) is 6.09. The summed E-state index contributed by atoms with van der Waals surface area (Å²) in [4.78, 5) is 11.7. The third-order valence-electron chi connectivity index (χ3n) is 9.01. The molecule has 0 N–H and O–H groups in total. The summed E-state index contributed by atoms with van der Waals surface area (Å²) in [6, 6.07) is 41.1. The number of hydrogen-bond donors (Lipinski definition) is 0. The van der Waals surface area contributed by atoms with Crippen molar-refractivity contribution in [3.63, 3.8) is 0 Å². The maximum Gasteiger partial charge on any atom is 0.137 e. The van der Waals surface area contributed by atoms with Gasteiger partial charge in [0, 0.05) is 60.2 Å². The molecule has 0 radical (unpaired) electrons. The van der Waals surface area contributed by atoms with Crippen LogP contribution in [-0.2, 0) is 0 Å². The Balaban J connectivity index is 1.27. The zero-order chi connectivity index (χ0) is 29.9. The number of pyridine rings is 2. The Morgan fingerprint density at radius 1 is 0.667 bits per heavy atom. The number of hydrogen-bond acceptors (Lipinski definition) is 3. The minimum absolute atomic E-state index is 0.874. The number of likely N-dealkylation sites (N-methyl/N-ethyl adjacent to an activating group) is 1. The van der Waals surface area contributed by atoms with Crippen LogP contribution in [0.4, 0.5) is 0 Å². The van der Waals surface area contributed by atoms with E-state index < -0.39 is 0 Å². The average molecular weight is 580 g/mol. The van der Waals surface area contributed by atoms with Crippen LogP contribution in [0.1, 0.15) is 5.56 Å². The first-order valence-electron chi connectivity index (χ1n) is 15.2. The lowest BCUT2D eigenvalue weighted by Gasteiger charge is -2.22. The summed E-state index contributed by atoms with van der Waals surface area (Å²) in [7, 11) is 2.14. The molecule has 0 unspecified atom stereocenters. The lowest BCUT2D eigenvalue weighted by molar-refractivity contribution is 0.556. The predicted molar refractivity (Wildman–Crippen MR) is 184 cm³/mol. The molecule has 0 bridgehead atoms. The molecule has 0 fully saturated rings. The molecule has 0 amide bonds. The van der Waals surface area contributed by atoms with Crippen molar-refractivity contribution in [3.05, 3.63) is 156 Å². The first-order chi connectivity index (χ1) is 22.2. The number of aromatic nitrogens is 4. The molecule has 1 aliphatic rings. The molecule has 1 aliphatic heterocycles. The van der Waals surface area contributed by atoms with Gasteiger partial charge in [0.25, 0.3) is 0 Å². The highest BCUT2D eigenvalue weighted by Crippen LogP contribution is 2.38. The fraction of sp³-hybridized carbons (Fsp3) is 0.0500. The molecule has 5 nitrogen and oxygen atoms in total. The van der Waals surface area contributed by atoms with Crippen LogP contribution in [0.5, 0.6) is 0 Å². The van der Waals surface area contributed by atoms with E-state index >= 15 is 0 Å². The lowest BCUT2D eigenvalue weighted by atomic mass is 9.99. The van der Waals surface area contributed by atoms with Gasteiger partial charge in [0.05, 0.1) is 22.7 Å². The van der Waals surface area contributed by atoms with E-state index in [2.05, 4.69) is 148 Å². The van der Waals surface area contributed by atoms with Crippen LogP contribution in [0.15, 0.2) is 140 Å². The van der Waals surface area contributed by atoms with Gasteiger partial charge in [-0.15, -0.1) is 0 Å². The van der Waals surface area contributed by atoms with Crippen molar-refractivity contribution in [3.8, 4) is 22.6 Å². The van der Waals surface area contributed by atoms with E-state index in [1.165, 1.54) is 37.9 Å². The third kappa shape index (κ3) is 4.09. The Labute approximate surface area is 260 Å². The molecule has 0 saturated carbocycles. The highest BCUT2D eigenvalue weighted by Gasteiger charge is 2.19. The first-order valence-corrected chi connectivity index (χ1v) is 15.2. The number of fused-ring (bicyclic) bond motifs is 6. The molecule has 8 aromatic rings. The second kappa shape index (κ2) is 10.1. The highest BCUT2D eigenvalue weighted by molar-refractivity contribution is 6.18. The van der Waals surface area contributed by atoms with Gasteiger partial charge in [0.1, 0.15) is 5.82 Å². The summed E-state index contributed by atoms with van der Waals surface area (Å²) in [5.74, 6) is 0.887. The normalized spacial score (nSPS) is 13.0. The maximum absolute atomic E-state index is 4.84. The fourth-order valence-corrected chi connectivity index (χ4v) is 6.95. The zero-order valence-corrected chi connectivity index (χ0v) is 24.8. The highest BCUT2D eigenvalue weighted by atomic mass is 15.1. The van der Waals surface area contributed by atoms with Gasteiger partial charge in [0.2, 0.25) is 0 Å². The summed E-state index contributed by atoms with van der Waals surface area (Å²) in [5.41, 5.74) is 9.33. The van der Waals surface area contributed by atoms with E-state index in [1.807, 2.05) is 24.7 Å². The van der Waals surface area contributed by atoms with Gasteiger partial charge in [-0.05, 0) is 69.1 Å². The monoisotopic (exact) mass is 579 g/mol. The molecule has 5 heteroatoms. The lowest BCUT2D eigenvalue weighted by Crippen LogP contribution is -2.37. The standard InChI is InChI=1S/C40H29N5/c1-43-25-31-9-5-6-10-33(31)36(26-43)28-11-14-32(15-12-28)45-37-24-41-20-18-34(37)35-16-13-29-19-22-44(39(29)40(35)45)38-23-30(17-21-42-38)27-7-3-2-4-8-27/h2-25H,26H2,1H3. The van der Waals surface area contributed by atoms with E-state index in [-0.39, 0.29) is 0 Å². The van der Waals surface area contributed by atoms with E-state index in [0.717, 1.165) is 45.5 Å². The van der Waals surface area contributed by atoms with Crippen molar-refractivity contribution in [2.75, 3.05) is 13.6 Å². The smallest absolute Gasteiger partial charge is 0.137 e. The van der Waals surface area contributed by atoms with Crippen molar-refractivity contribution in [2.45, 2.75) is 0 Å². The van der Waals surface area contributed by atoms with Crippen molar-refractivity contribution < 1.29 is 0 Å². The predicted octanol–water partition coefficient (Wildman–Crippen LogP) is 7.07. The quantitative estimate of drug-likeness (QED) is 0.224. The van der Waals surface area contributed by atoms with Crippen molar-refractivity contribution in [2.24, 2.45) is 0 Å². The minimum atomic E-state index is 0.874. The van der Waals surface area contributed by atoms with E-state index in [4.69, 9.17) is 4.98 Å². The van der Waals surface area contributed by atoms with Gasteiger partial charge >= 0.3 is 0 Å². The van der Waals surface area contributed by atoms with Crippen LogP contribution in [0.2, 0.25) is 0 Å². The van der Waals surface area contributed by atoms with Crippen LogP contribution in [-0.4, -0.2) is 37.6 Å². The summed E-state index contributed by atoms with van der Waals surface area (Å²) in [6.45, 7) is 0.874. The van der Waals surface area contributed by atoms with Crippen LogP contribution >= 0.6 is 0 Å². The molecule has 45 heavy (non-hydrogen) atoms. The second-order valence-corrected chi connectivity index (χ2v) is 11.7. The average Bonchev–Trinajstić information content (AvgIpc) is 3.68. The molecule has 0 saturated heterocycles. The van der Waals surface area contributed by atoms with Gasteiger partial charge in [-0.1, -0.05) is 78.9 Å². The third-order valence-corrected chi connectivity index (χ3v) is 9.01. The molecule has 9 rings (SSSR count). The summed E-state index contributed by atoms with van der Waals surface area (Å²) < 4.78 is 4.59.